The topological polar surface area (TPSA) is 46.5 Å². The molecule has 4 heteroatoms. The molecule has 0 radical (unpaired) electrons. The van der Waals surface area contributed by atoms with Crippen molar-refractivity contribution >= 4 is 21.9 Å². The molecule has 1 unspecified atom stereocenters. The molecule has 0 fully saturated rings. The molecule has 0 aromatic heterocycles. The van der Waals surface area contributed by atoms with Gasteiger partial charge in [0.15, 0.2) is 0 Å². The lowest BCUT2D eigenvalue weighted by molar-refractivity contribution is 0.0535. The lowest BCUT2D eigenvalue weighted by Gasteiger charge is -2.09. The molecule has 74 valence electrons. The first kappa shape index (κ1) is 9.68. The molecule has 3 nitrogen and oxygen atoms in total. The van der Waals surface area contributed by atoms with Crippen LogP contribution in [0.15, 0.2) is 16.6 Å². The van der Waals surface area contributed by atoms with Gasteiger partial charge >= 0.3 is 5.97 Å². The molecule has 2 rings (SSSR count). The SMILES string of the molecule is CC(O)c1ccc2c(c1Br)COC2=O. The van der Waals surface area contributed by atoms with Gasteiger partial charge in [0.2, 0.25) is 0 Å². The Morgan fingerprint density at radius 3 is 2.93 bits per heavy atom. The molecule has 0 aliphatic carbocycles. The van der Waals surface area contributed by atoms with Crippen molar-refractivity contribution in [1.29, 1.82) is 0 Å². The second-order valence-corrected chi connectivity index (χ2v) is 4.04. The average Bonchev–Trinajstić information content (AvgIpc) is 2.49. The third kappa shape index (κ3) is 1.35. The molecule has 1 aromatic rings. The number of hydrogen-bond acceptors (Lipinski definition) is 3. The van der Waals surface area contributed by atoms with Gasteiger partial charge in [-0.1, -0.05) is 6.07 Å². The molecule has 1 aliphatic rings. The van der Waals surface area contributed by atoms with Crippen LogP contribution in [0.2, 0.25) is 0 Å². The highest BCUT2D eigenvalue weighted by Crippen LogP contribution is 2.33. The van der Waals surface area contributed by atoms with Crippen molar-refractivity contribution in [2.75, 3.05) is 0 Å². The fourth-order valence-corrected chi connectivity index (χ4v) is 2.30. The number of fused-ring (bicyclic) bond motifs is 1. The van der Waals surface area contributed by atoms with Gasteiger partial charge in [-0.3, -0.25) is 0 Å². The maximum Gasteiger partial charge on any atom is 0.338 e. The minimum atomic E-state index is -0.551. The molecular formula is C10H9BrO3. The first-order chi connectivity index (χ1) is 6.61. The molecule has 1 aliphatic heterocycles. The molecule has 0 amide bonds. The van der Waals surface area contributed by atoms with Crippen LogP contribution in [-0.4, -0.2) is 11.1 Å². The summed E-state index contributed by atoms with van der Waals surface area (Å²) >= 11 is 3.37. The van der Waals surface area contributed by atoms with E-state index in [-0.39, 0.29) is 12.6 Å². The van der Waals surface area contributed by atoms with Gasteiger partial charge in [-0.2, -0.15) is 0 Å². The Morgan fingerprint density at radius 1 is 1.57 bits per heavy atom. The van der Waals surface area contributed by atoms with E-state index >= 15 is 0 Å². The van der Waals surface area contributed by atoms with Gasteiger partial charge < -0.3 is 9.84 Å². The summed E-state index contributed by atoms with van der Waals surface area (Å²) in [5.74, 6) is -0.294. The Bertz CT molecular complexity index is 399. The van der Waals surface area contributed by atoms with Crippen LogP contribution in [-0.2, 0) is 11.3 Å². The Balaban J connectivity index is 2.58. The number of cyclic esters (lactones) is 1. The minimum absolute atomic E-state index is 0.287. The molecule has 0 saturated carbocycles. The maximum absolute atomic E-state index is 11.2. The molecule has 1 atom stereocenters. The van der Waals surface area contributed by atoms with Crippen LogP contribution >= 0.6 is 15.9 Å². The Kier molecular flexibility index (Phi) is 2.33. The average molecular weight is 257 g/mol. The fourth-order valence-electron chi connectivity index (χ4n) is 1.51. The van der Waals surface area contributed by atoms with Crippen molar-refractivity contribution in [3.05, 3.63) is 33.3 Å². The smallest absolute Gasteiger partial charge is 0.338 e. The highest BCUT2D eigenvalue weighted by Gasteiger charge is 2.25. The van der Waals surface area contributed by atoms with Gasteiger partial charge in [0, 0.05) is 10.0 Å². The number of rotatable bonds is 1. The normalized spacial score (nSPS) is 16.4. The monoisotopic (exact) mass is 256 g/mol. The summed E-state index contributed by atoms with van der Waals surface area (Å²) in [5, 5.41) is 9.45. The number of aliphatic hydroxyl groups is 1. The highest BCUT2D eigenvalue weighted by molar-refractivity contribution is 9.10. The van der Waals surface area contributed by atoms with Crippen LogP contribution in [0.25, 0.3) is 0 Å². The van der Waals surface area contributed by atoms with E-state index in [1.807, 2.05) is 0 Å². The number of benzene rings is 1. The van der Waals surface area contributed by atoms with E-state index in [0.29, 0.717) is 5.56 Å². The highest BCUT2D eigenvalue weighted by atomic mass is 79.9. The number of ether oxygens (including phenoxy) is 1. The minimum Gasteiger partial charge on any atom is -0.457 e. The van der Waals surface area contributed by atoms with Crippen LogP contribution in [0.5, 0.6) is 0 Å². The van der Waals surface area contributed by atoms with Crippen LogP contribution in [0.4, 0.5) is 0 Å². The summed E-state index contributed by atoms with van der Waals surface area (Å²) in [5.41, 5.74) is 2.19. The zero-order valence-electron chi connectivity index (χ0n) is 7.58. The summed E-state index contributed by atoms with van der Waals surface area (Å²) in [6.07, 6.45) is -0.551. The lowest BCUT2D eigenvalue weighted by Crippen LogP contribution is -1.98. The summed E-state index contributed by atoms with van der Waals surface area (Å²) in [4.78, 5) is 11.2. The number of esters is 1. The summed E-state index contributed by atoms with van der Waals surface area (Å²) in [7, 11) is 0. The predicted octanol–water partition coefficient (Wildman–Crippen LogP) is 2.17. The van der Waals surface area contributed by atoms with Crippen molar-refractivity contribution in [3.63, 3.8) is 0 Å². The number of aliphatic hydroxyl groups excluding tert-OH is 1. The first-order valence-corrected chi connectivity index (χ1v) is 5.07. The summed E-state index contributed by atoms with van der Waals surface area (Å²) < 4.78 is 5.66. The Morgan fingerprint density at radius 2 is 2.29 bits per heavy atom. The standard InChI is InChI=1S/C10H9BrO3/c1-5(12)6-2-3-7-8(9(6)11)4-14-10(7)13/h2-3,5,12H,4H2,1H3. The van der Waals surface area contributed by atoms with E-state index in [2.05, 4.69) is 15.9 Å². The molecule has 14 heavy (non-hydrogen) atoms. The number of carbonyl (C=O) groups excluding carboxylic acids is 1. The predicted molar refractivity (Wildman–Crippen MR) is 53.9 cm³/mol. The number of carbonyl (C=O) groups is 1. The Hall–Kier alpha value is -0.870. The van der Waals surface area contributed by atoms with E-state index in [0.717, 1.165) is 15.6 Å². The second kappa shape index (κ2) is 3.37. The molecule has 1 aromatic carbocycles. The van der Waals surface area contributed by atoms with Crippen molar-refractivity contribution in [3.8, 4) is 0 Å². The van der Waals surface area contributed by atoms with Crippen LogP contribution < -0.4 is 0 Å². The van der Waals surface area contributed by atoms with Crippen LogP contribution in [0.3, 0.4) is 0 Å². The quantitative estimate of drug-likeness (QED) is 0.784. The lowest BCUT2D eigenvalue weighted by atomic mass is 10.0. The second-order valence-electron chi connectivity index (χ2n) is 3.25. The van der Waals surface area contributed by atoms with Gasteiger partial charge in [-0.15, -0.1) is 0 Å². The fraction of sp³-hybridized carbons (Fsp3) is 0.300. The molecule has 0 saturated heterocycles. The van der Waals surface area contributed by atoms with E-state index in [1.165, 1.54) is 0 Å². The molecular weight excluding hydrogens is 248 g/mol. The van der Waals surface area contributed by atoms with E-state index in [4.69, 9.17) is 4.74 Å². The summed E-state index contributed by atoms with van der Waals surface area (Å²) in [6, 6.07) is 3.43. The van der Waals surface area contributed by atoms with E-state index in [9.17, 15) is 9.90 Å². The van der Waals surface area contributed by atoms with Crippen LogP contribution in [0.1, 0.15) is 34.5 Å². The van der Waals surface area contributed by atoms with Crippen molar-refractivity contribution in [2.24, 2.45) is 0 Å². The molecule has 1 N–H and O–H groups in total. The van der Waals surface area contributed by atoms with Crippen molar-refractivity contribution in [2.45, 2.75) is 19.6 Å². The zero-order valence-corrected chi connectivity index (χ0v) is 9.17. The number of halogens is 1. The molecule has 0 spiro atoms. The molecule has 1 heterocycles. The third-order valence-corrected chi connectivity index (χ3v) is 3.23. The molecule has 0 bridgehead atoms. The Labute approximate surface area is 89.8 Å². The van der Waals surface area contributed by atoms with Gasteiger partial charge in [-0.05, 0) is 34.5 Å². The van der Waals surface area contributed by atoms with Crippen molar-refractivity contribution in [1.82, 2.24) is 0 Å². The van der Waals surface area contributed by atoms with Gasteiger partial charge in [-0.25, -0.2) is 4.79 Å². The first-order valence-electron chi connectivity index (χ1n) is 4.27. The van der Waals surface area contributed by atoms with Crippen LogP contribution in [0, 0.1) is 0 Å². The van der Waals surface area contributed by atoms with E-state index in [1.54, 1.807) is 19.1 Å². The van der Waals surface area contributed by atoms with E-state index < -0.39 is 6.10 Å². The van der Waals surface area contributed by atoms with Gasteiger partial charge in [0.1, 0.15) is 6.61 Å². The maximum atomic E-state index is 11.2. The largest absolute Gasteiger partial charge is 0.457 e. The van der Waals surface area contributed by atoms with Gasteiger partial charge in [0.25, 0.3) is 0 Å². The van der Waals surface area contributed by atoms with Crippen molar-refractivity contribution < 1.29 is 14.6 Å². The van der Waals surface area contributed by atoms with Gasteiger partial charge in [0.05, 0.1) is 11.7 Å². The third-order valence-electron chi connectivity index (χ3n) is 2.29. The number of hydrogen-bond donors (Lipinski definition) is 1. The summed E-state index contributed by atoms with van der Waals surface area (Å²) in [6.45, 7) is 1.97. The zero-order chi connectivity index (χ0) is 10.3.